The van der Waals surface area contributed by atoms with E-state index in [9.17, 15) is 9.90 Å². The predicted octanol–water partition coefficient (Wildman–Crippen LogP) is 5.34. The Balaban J connectivity index is 1.79. The fourth-order valence-corrected chi connectivity index (χ4v) is 6.51. The first-order valence-electron chi connectivity index (χ1n) is 8.16. The lowest BCUT2D eigenvalue weighted by Crippen LogP contribution is -2.42. The summed E-state index contributed by atoms with van der Waals surface area (Å²) in [5, 5.41) is 10.1. The van der Waals surface area contributed by atoms with Crippen molar-refractivity contribution in [3.05, 3.63) is 26.1 Å². The van der Waals surface area contributed by atoms with Gasteiger partial charge in [0.15, 0.2) is 0 Å². The molecule has 0 aliphatic heterocycles. The maximum atomic E-state index is 12.4. The van der Waals surface area contributed by atoms with Gasteiger partial charge in [0.2, 0.25) is 0 Å². The highest BCUT2D eigenvalue weighted by Gasteiger charge is 2.54. The number of Topliss-reactive ketones (excluding diaryl/α,β-unsaturated/α-hetero) is 1. The maximum absolute atomic E-state index is 12.4. The number of phenolic OH excluding ortho intramolecular Hbond substituents is 1. The third kappa shape index (κ3) is 1.92. The number of aromatic hydroxyl groups is 1. The lowest BCUT2D eigenvalue weighted by molar-refractivity contribution is -0.129. The molecular weight excluding hydrogens is 408 g/mol. The van der Waals surface area contributed by atoms with E-state index in [0.717, 1.165) is 47.5 Å². The second-order valence-electron chi connectivity index (χ2n) is 7.43. The summed E-state index contributed by atoms with van der Waals surface area (Å²) in [6.07, 6.45) is 6.12. The first kappa shape index (κ1) is 15.2. The van der Waals surface area contributed by atoms with Crippen LogP contribution in [0.25, 0.3) is 0 Å². The zero-order valence-corrected chi connectivity index (χ0v) is 15.8. The van der Waals surface area contributed by atoms with E-state index in [1.54, 1.807) is 0 Å². The second kappa shape index (κ2) is 5.07. The number of aryl methyl sites for hydroxylation is 1. The number of hydrogen-bond acceptors (Lipinski definition) is 2. The minimum atomic E-state index is -0.0701. The average Bonchev–Trinajstić information content (AvgIpc) is 2.80. The lowest BCUT2D eigenvalue weighted by Gasteiger charge is -2.48. The molecule has 0 spiro atoms. The molecule has 2 nitrogen and oxygen atoms in total. The summed E-state index contributed by atoms with van der Waals surface area (Å²) in [5.74, 6) is 2.50. The molecule has 4 heteroatoms. The average molecular weight is 428 g/mol. The largest absolute Gasteiger partial charge is 0.507 e. The monoisotopic (exact) mass is 426 g/mol. The fourth-order valence-electron chi connectivity index (χ4n) is 5.43. The van der Waals surface area contributed by atoms with Crippen molar-refractivity contribution >= 4 is 37.6 Å². The van der Waals surface area contributed by atoms with Crippen molar-refractivity contribution in [1.29, 1.82) is 0 Å². The van der Waals surface area contributed by atoms with E-state index in [-0.39, 0.29) is 5.41 Å². The van der Waals surface area contributed by atoms with Crippen LogP contribution >= 0.6 is 31.9 Å². The van der Waals surface area contributed by atoms with E-state index >= 15 is 0 Å². The molecule has 1 aromatic rings. The first-order chi connectivity index (χ1) is 10.4. The Hall–Kier alpha value is -0.350. The molecule has 1 N–H and O–H groups in total. The third-order valence-corrected chi connectivity index (χ3v) is 8.73. The van der Waals surface area contributed by atoms with Crippen LogP contribution in [0, 0.1) is 17.3 Å². The molecule has 0 unspecified atom stereocenters. The van der Waals surface area contributed by atoms with Gasteiger partial charge >= 0.3 is 0 Å². The van der Waals surface area contributed by atoms with Crippen molar-refractivity contribution < 1.29 is 9.90 Å². The number of benzene rings is 1. The van der Waals surface area contributed by atoms with Crippen molar-refractivity contribution in [2.24, 2.45) is 17.3 Å². The molecule has 1 aromatic carbocycles. The minimum absolute atomic E-state index is 0.0701. The summed E-state index contributed by atoms with van der Waals surface area (Å²) < 4.78 is 1.79. The van der Waals surface area contributed by atoms with Gasteiger partial charge in [0.05, 0.1) is 4.47 Å². The van der Waals surface area contributed by atoms with Crippen LogP contribution in [0.15, 0.2) is 15.0 Å². The Morgan fingerprint density at radius 1 is 1.18 bits per heavy atom. The van der Waals surface area contributed by atoms with Gasteiger partial charge in [-0.1, -0.05) is 6.92 Å². The molecule has 3 aliphatic rings. The van der Waals surface area contributed by atoms with Gasteiger partial charge in [-0.25, -0.2) is 0 Å². The van der Waals surface area contributed by atoms with E-state index < -0.39 is 0 Å². The van der Waals surface area contributed by atoms with Gasteiger partial charge in [-0.2, -0.15) is 0 Å². The third-order valence-electron chi connectivity index (χ3n) is 6.57. The molecule has 2 saturated carbocycles. The van der Waals surface area contributed by atoms with Crippen LogP contribution in [-0.4, -0.2) is 10.9 Å². The molecular formula is C18H20Br2O2. The smallest absolute Gasteiger partial charge is 0.139 e. The van der Waals surface area contributed by atoms with Gasteiger partial charge in [-0.05, 0) is 98.9 Å². The van der Waals surface area contributed by atoms with Crippen LogP contribution in [0.3, 0.4) is 0 Å². The van der Waals surface area contributed by atoms with Crippen LogP contribution in [0.5, 0.6) is 5.75 Å². The summed E-state index contributed by atoms with van der Waals surface area (Å²) in [6, 6.07) is 1.92. The summed E-state index contributed by atoms with van der Waals surface area (Å²) in [5.41, 5.74) is 2.59. The van der Waals surface area contributed by atoms with Gasteiger partial charge < -0.3 is 5.11 Å². The van der Waals surface area contributed by atoms with E-state index in [1.807, 2.05) is 6.07 Å². The Kier molecular flexibility index (Phi) is 3.50. The zero-order valence-electron chi connectivity index (χ0n) is 12.7. The predicted molar refractivity (Wildman–Crippen MR) is 93.1 cm³/mol. The molecule has 0 bridgehead atoms. The van der Waals surface area contributed by atoms with Crippen molar-refractivity contribution in [2.45, 2.75) is 51.4 Å². The molecule has 0 radical (unpaired) electrons. The maximum Gasteiger partial charge on any atom is 0.139 e. The van der Waals surface area contributed by atoms with Crippen molar-refractivity contribution in [2.75, 3.05) is 0 Å². The SMILES string of the molecule is C[C@]12CC[C@@H]3c4c(cc(O)c(Br)c4Br)CC[C@H]3[C@@H]1CCC2=O. The quantitative estimate of drug-likeness (QED) is 0.606. The number of fused-ring (bicyclic) bond motifs is 5. The second-order valence-corrected chi connectivity index (χ2v) is 9.02. The van der Waals surface area contributed by atoms with Crippen LogP contribution in [-0.2, 0) is 11.2 Å². The number of phenols is 1. The highest BCUT2D eigenvalue weighted by atomic mass is 79.9. The van der Waals surface area contributed by atoms with Crippen LogP contribution < -0.4 is 0 Å². The molecule has 22 heavy (non-hydrogen) atoms. The number of ketones is 1. The van der Waals surface area contributed by atoms with Gasteiger partial charge in [0.1, 0.15) is 11.5 Å². The number of carbonyl (C=O) groups excluding carboxylic acids is 1. The molecule has 0 heterocycles. The summed E-state index contributed by atoms with van der Waals surface area (Å²) in [4.78, 5) is 12.4. The molecule has 0 saturated heterocycles. The molecule has 4 rings (SSSR count). The highest BCUT2D eigenvalue weighted by Crippen LogP contribution is 2.61. The Morgan fingerprint density at radius 2 is 1.95 bits per heavy atom. The van der Waals surface area contributed by atoms with Gasteiger partial charge in [0.25, 0.3) is 0 Å². The standard InChI is InChI=1S/C18H20Br2O2/c1-18-7-6-11-10(12(18)4-5-14(18)22)3-2-9-8-13(21)16(19)17(20)15(9)11/h8,10-12,21H,2-7H2,1H3/t10-,11+,12+,18+/m1/s1. The van der Waals surface area contributed by atoms with E-state index in [2.05, 4.69) is 38.8 Å². The lowest BCUT2D eigenvalue weighted by atomic mass is 9.55. The number of rotatable bonds is 0. The summed E-state index contributed by atoms with van der Waals surface area (Å²) in [7, 11) is 0. The topological polar surface area (TPSA) is 37.3 Å². The Bertz CT molecular complexity index is 670. The fraction of sp³-hybridized carbons (Fsp3) is 0.611. The highest BCUT2D eigenvalue weighted by molar-refractivity contribution is 9.13. The Labute approximate surface area is 147 Å². The molecule has 3 aliphatic carbocycles. The van der Waals surface area contributed by atoms with E-state index in [4.69, 9.17) is 0 Å². The number of halogens is 2. The molecule has 2 fully saturated rings. The van der Waals surface area contributed by atoms with Crippen molar-refractivity contribution in [3.8, 4) is 5.75 Å². The van der Waals surface area contributed by atoms with Gasteiger partial charge in [-0.3, -0.25) is 4.79 Å². The first-order valence-corrected chi connectivity index (χ1v) is 9.75. The summed E-state index contributed by atoms with van der Waals surface area (Å²) >= 11 is 7.20. The molecule has 0 amide bonds. The number of hydrogen-bond donors (Lipinski definition) is 1. The Morgan fingerprint density at radius 3 is 2.73 bits per heavy atom. The van der Waals surface area contributed by atoms with Gasteiger partial charge in [-0.15, -0.1) is 0 Å². The zero-order chi connectivity index (χ0) is 15.6. The van der Waals surface area contributed by atoms with Crippen molar-refractivity contribution in [1.82, 2.24) is 0 Å². The minimum Gasteiger partial charge on any atom is -0.507 e. The van der Waals surface area contributed by atoms with Crippen LogP contribution in [0.4, 0.5) is 0 Å². The van der Waals surface area contributed by atoms with E-state index in [1.165, 1.54) is 11.1 Å². The van der Waals surface area contributed by atoms with Crippen molar-refractivity contribution in [3.63, 3.8) is 0 Å². The number of carbonyl (C=O) groups is 1. The molecule has 4 atom stereocenters. The molecule has 118 valence electrons. The summed E-state index contributed by atoms with van der Waals surface area (Å²) in [6.45, 7) is 2.21. The molecule has 0 aromatic heterocycles. The van der Waals surface area contributed by atoms with Gasteiger partial charge in [0, 0.05) is 16.3 Å². The van der Waals surface area contributed by atoms with Crippen LogP contribution in [0.1, 0.15) is 56.1 Å². The normalized spacial score (nSPS) is 36.7. The van der Waals surface area contributed by atoms with Crippen LogP contribution in [0.2, 0.25) is 0 Å². The van der Waals surface area contributed by atoms with E-state index in [0.29, 0.717) is 29.3 Å².